The predicted molar refractivity (Wildman–Crippen MR) is 118 cm³/mol. The Hall–Kier alpha value is -2.08. The fourth-order valence-corrected chi connectivity index (χ4v) is 4.15. The number of carbonyl (C=O) groups excluding carboxylic acids is 1. The van der Waals surface area contributed by atoms with Gasteiger partial charge in [0.05, 0.1) is 22.8 Å². The Morgan fingerprint density at radius 1 is 1.00 bits per heavy atom. The van der Waals surface area contributed by atoms with Gasteiger partial charge in [-0.1, -0.05) is 42.3 Å². The van der Waals surface area contributed by atoms with Crippen molar-refractivity contribution in [2.75, 3.05) is 32.7 Å². The second-order valence-corrected chi connectivity index (χ2v) is 8.26. The maximum Gasteiger partial charge on any atom is 0.228 e. The quantitative estimate of drug-likeness (QED) is 0.601. The molecule has 2 aromatic heterocycles. The first-order valence-corrected chi connectivity index (χ1v) is 10.7. The minimum absolute atomic E-state index is 0.123. The van der Waals surface area contributed by atoms with Crippen LogP contribution in [0.5, 0.6) is 0 Å². The molecular formula is C22H24Cl2N4O. The lowest BCUT2D eigenvalue weighted by Gasteiger charge is -2.34. The highest BCUT2D eigenvalue weighted by Crippen LogP contribution is 2.28. The van der Waals surface area contributed by atoms with Crippen LogP contribution in [-0.2, 0) is 11.2 Å². The molecule has 1 fully saturated rings. The van der Waals surface area contributed by atoms with Gasteiger partial charge in [-0.05, 0) is 37.2 Å². The lowest BCUT2D eigenvalue weighted by molar-refractivity contribution is -0.132. The molecule has 5 nitrogen and oxygen atoms in total. The minimum atomic E-state index is 0.123. The maximum atomic E-state index is 13.1. The van der Waals surface area contributed by atoms with Crippen LogP contribution in [0.3, 0.4) is 0 Å². The molecule has 1 saturated heterocycles. The number of halogens is 2. The molecule has 0 radical (unpaired) electrons. The number of hydrogen-bond donors (Lipinski definition) is 0. The molecule has 0 unspecified atom stereocenters. The second kappa shape index (κ2) is 8.74. The Morgan fingerprint density at radius 3 is 2.38 bits per heavy atom. The molecule has 1 aliphatic rings. The molecule has 0 bridgehead atoms. The summed E-state index contributed by atoms with van der Waals surface area (Å²) in [6.45, 7) is 6.69. The van der Waals surface area contributed by atoms with Crippen molar-refractivity contribution in [3.05, 3.63) is 58.3 Å². The van der Waals surface area contributed by atoms with Crippen LogP contribution in [0.4, 0.5) is 0 Å². The third kappa shape index (κ3) is 4.42. The Balaban J connectivity index is 1.63. The number of carbonyl (C=O) groups is 1. The average molecular weight is 431 g/mol. The topological polar surface area (TPSA) is 40.8 Å². The zero-order chi connectivity index (χ0) is 20.4. The van der Waals surface area contributed by atoms with Gasteiger partial charge in [0.15, 0.2) is 0 Å². The summed E-state index contributed by atoms with van der Waals surface area (Å²) in [6.07, 6.45) is 3.25. The van der Waals surface area contributed by atoms with Gasteiger partial charge in [0, 0.05) is 43.0 Å². The molecule has 0 saturated carbocycles. The molecule has 3 heterocycles. The summed E-state index contributed by atoms with van der Waals surface area (Å²) in [5.74, 6) is 0.123. The van der Waals surface area contributed by atoms with Crippen molar-refractivity contribution in [3.63, 3.8) is 0 Å². The Kier molecular flexibility index (Phi) is 6.09. The monoisotopic (exact) mass is 430 g/mol. The van der Waals surface area contributed by atoms with Gasteiger partial charge in [-0.25, -0.2) is 4.98 Å². The molecule has 0 spiro atoms. The van der Waals surface area contributed by atoms with E-state index in [-0.39, 0.29) is 12.3 Å². The Bertz CT molecular complexity index is 1010. The highest BCUT2D eigenvalue weighted by Gasteiger charge is 2.24. The number of rotatable bonds is 5. The van der Waals surface area contributed by atoms with Crippen molar-refractivity contribution in [2.45, 2.75) is 19.8 Å². The fourth-order valence-electron chi connectivity index (χ4n) is 3.87. The highest BCUT2D eigenvalue weighted by atomic mass is 35.5. The van der Waals surface area contributed by atoms with Crippen molar-refractivity contribution >= 4 is 34.8 Å². The number of aromatic nitrogens is 2. The molecule has 29 heavy (non-hydrogen) atoms. The van der Waals surface area contributed by atoms with Gasteiger partial charge in [0.1, 0.15) is 5.65 Å². The zero-order valence-electron chi connectivity index (χ0n) is 16.4. The van der Waals surface area contributed by atoms with E-state index in [1.54, 1.807) is 0 Å². The largest absolute Gasteiger partial charge is 0.340 e. The smallest absolute Gasteiger partial charge is 0.228 e. The molecule has 4 rings (SSSR count). The molecule has 1 aromatic carbocycles. The molecule has 1 aliphatic heterocycles. The summed E-state index contributed by atoms with van der Waals surface area (Å²) in [6, 6.07) is 11.2. The number of piperazine rings is 1. The second-order valence-electron chi connectivity index (χ2n) is 7.39. The summed E-state index contributed by atoms with van der Waals surface area (Å²) in [5.41, 5.74) is 3.35. The molecule has 0 aliphatic carbocycles. The van der Waals surface area contributed by atoms with Gasteiger partial charge in [-0.3, -0.25) is 9.69 Å². The standard InChI is InChI=1S/C22H24Cl2N4O/c1-2-9-26-10-12-27(13-11-26)21(29)14-19-22(16-3-5-17(23)6-4-16)25-20-8-7-18(24)15-28(19)20/h3-8,15H,2,9-14H2,1H3. The minimum Gasteiger partial charge on any atom is -0.340 e. The van der Waals surface area contributed by atoms with Gasteiger partial charge >= 0.3 is 0 Å². The van der Waals surface area contributed by atoms with Crippen LogP contribution in [0, 0.1) is 0 Å². The maximum absolute atomic E-state index is 13.1. The normalized spacial score (nSPS) is 15.2. The van der Waals surface area contributed by atoms with E-state index in [0.717, 1.165) is 61.7 Å². The summed E-state index contributed by atoms with van der Waals surface area (Å²) >= 11 is 12.3. The highest BCUT2D eigenvalue weighted by molar-refractivity contribution is 6.30. The first-order valence-electron chi connectivity index (χ1n) is 9.97. The van der Waals surface area contributed by atoms with Crippen molar-refractivity contribution in [3.8, 4) is 11.3 Å². The predicted octanol–water partition coefficient (Wildman–Crippen LogP) is 4.40. The van der Waals surface area contributed by atoms with E-state index in [2.05, 4.69) is 11.8 Å². The molecular weight excluding hydrogens is 407 g/mol. The number of nitrogens with zero attached hydrogens (tertiary/aromatic N) is 4. The number of fused-ring (bicyclic) bond motifs is 1. The van der Waals surface area contributed by atoms with Crippen molar-refractivity contribution < 1.29 is 4.79 Å². The van der Waals surface area contributed by atoms with E-state index in [1.807, 2.05) is 51.9 Å². The van der Waals surface area contributed by atoms with Crippen molar-refractivity contribution in [2.24, 2.45) is 0 Å². The van der Waals surface area contributed by atoms with Crippen LogP contribution >= 0.6 is 23.2 Å². The number of imidazole rings is 1. The molecule has 7 heteroatoms. The fraction of sp³-hybridized carbons (Fsp3) is 0.364. The number of amides is 1. The van der Waals surface area contributed by atoms with Crippen LogP contribution in [0.15, 0.2) is 42.6 Å². The number of hydrogen-bond acceptors (Lipinski definition) is 3. The van der Waals surface area contributed by atoms with Gasteiger partial charge in [0.2, 0.25) is 5.91 Å². The summed E-state index contributed by atoms with van der Waals surface area (Å²) in [4.78, 5) is 22.3. The van der Waals surface area contributed by atoms with Crippen LogP contribution in [-0.4, -0.2) is 57.8 Å². The van der Waals surface area contributed by atoms with Gasteiger partial charge in [0.25, 0.3) is 0 Å². The third-order valence-electron chi connectivity index (χ3n) is 5.38. The SMILES string of the molecule is CCCN1CCN(C(=O)Cc2c(-c3ccc(Cl)cc3)nc3ccc(Cl)cn23)CC1. The van der Waals surface area contributed by atoms with E-state index in [4.69, 9.17) is 28.2 Å². The summed E-state index contributed by atoms with van der Waals surface area (Å²) < 4.78 is 1.93. The van der Waals surface area contributed by atoms with Gasteiger partial charge in [-0.2, -0.15) is 0 Å². The molecule has 1 amide bonds. The zero-order valence-corrected chi connectivity index (χ0v) is 18.0. The van der Waals surface area contributed by atoms with Gasteiger partial charge < -0.3 is 9.30 Å². The summed E-state index contributed by atoms with van der Waals surface area (Å²) in [7, 11) is 0. The number of pyridine rings is 1. The Morgan fingerprint density at radius 2 is 1.69 bits per heavy atom. The first-order chi connectivity index (χ1) is 14.0. The molecule has 152 valence electrons. The molecule has 0 atom stereocenters. The lowest BCUT2D eigenvalue weighted by atomic mass is 10.1. The van der Waals surface area contributed by atoms with Crippen LogP contribution in [0.2, 0.25) is 10.0 Å². The summed E-state index contributed by atoms with van der Waals surface area (Å²) in [5, 5.41) is 1.28. The first kappa shape index (κ1) is 20.2. The van der Waals surface area contributed by atoms with E-state index in [0.29, 0.717) is 10.0 Å². The van der Waals surface area contributed by atoms with Crippen molar-refractivity contribution in [1.82, 2.24) is 19.2 Å². The molecule has 3 aromatic rings. The Labute approximate surface area is 180 Å². The molecule has 0 N–H and O–H groups in total. The van der Waals surface area contributed by atoms with E-state index in [9.17, 15) is 4.79 Å². The van der Waals surface area contributed by atoms with Crippen molar-refractivity contribution in [1.29, 1.82) is 0 Å². The van der Waals surface area contributed by atoms with Crippen LogP contribution in [0.1, 0.15) is 19.0 Å². The van der Waals surface area contributed by atoms with Gasteiger partial charge in [-0.15, -0.1) is 0 Å². The van der Waals surface area contributed by atoms with Crippen LogP contribution in [0.25, 0.3) is 16.9 Å². The van der Waals surface area contributed by atoms with E-state index >= 15 is 0 Å². The number of benzene rings is 1. The third-order valence-corrected chi connectivity index (χ3v) is 5.86. The van der Waals surface area contributed by atoms with E-state index < -0.39 is 0 Å². The lowest BCUT2D eigenvalue weighted by Crippen LogP contribution is -2.49. The van der Waals surface area contributed by atoms with Crippen LogP contribution < -0.4 is 0 Å². The van der Waals surface area contributed by atoms with E-state index in [1.165, 1.54) is 0 Å². The average Bonchev–Trinajstić information content (AvgIpc) is 3.07.